The number of hydrogen-bond acceptors (Lipinski definition) is 8. The van der Waals surface area contributed by atoms with Gasteiger partial charge in [-0.2, -0.15) is 0 Å². The van der Waals surface area contributed by atoms with Gasteiger partial charge < -0.3 is 19.1 Å². The third-order valence-electron chi connectivity index (χ3n) is 6.08. The van der Waals surface area contributed by atoms with Gasteiger partial charge in [0.2, 0.25) is 0 Å². The highest BCUT2D eigenvalue weighted by molar-refractivity contribution is 7.98. The molecule has 3 aromatic rings. The number of pyridine rings is 1. The molecule has 0 N–H and O–H groups in total. The second-order valence-corrected chi connectivity index (χ2v) is 10.4. The molecule has 1 amide bonds. The maximum atomic E-state index is 14.0. The number of aromatic nitrogens is 3. The predicted molar refractivity (Wildman–Crippen MR) is 140 cm³/mol. The van der Waals surface area contributed by atoms with Crippen LogP contribution in [0.2, 0.25) is 0 Å². The molecular weight excluding hydrogens is 480 g/mol. The van der Waals surface area contributed by atoms with Crippen molar-refractivity contribution >= 4 is 28.9 Å². The molecule has 1 fully saturated rings. The van der Waals surface area contributed by atoms with Crippen LogP contribution >= 0.6 is 11.8 Å². The number of carbonyl (C=O) groups is 1. The number of thioether (sulfide) groups is 1. The first-order chi connectivity index (χ1) is 17.1. The molecule has 0 unspecified atom stereocenters. The van der Waals surface area contributed by atoms with E-state index in [1.807, 2.05) is 45.2 Å². The Labute approximate surface area is 214 Å². The number of hydrogen-bond donors (Lipinski definition) is 0. The average Bonchev–Trinajstić information content (AvgIpc) is 2.86. The molecule has 0 atom stereocenters. The van der Waals surface area contributed by atoms with Crippen molar-refractivity contribution in [2.75, 3.05) is 33.6 Å². The van der Waals surface area contributed by atoms with Crippen molar-refractivity contribution in [2.24, 2.45) is 0 Å². The van der Waals surface area contributed by atoms with Gasteiger partial charge in [-0.25, -0.2) is 14.8 Å². The number of piperidine rings is 1. The van der Waals surface area contributed by atoms with Crippen LogP contribution in [0.15, 0.2) is 40.4 Å². The van der Waals surface area contributed by atoms with E-state index in [9.17, 15) is 9.59 Å². The molecule has 10 heteroatoms. The molecule has 36 heavy (non-hydrogen) atoms. The summed E-state index contributed by atoms with van der Waals surface area (Å²) < 4.78 is 18.2. The average molecular weight is 513 g/mol. The normalized spacial score (nSPS) is 14.7. The lowest BCUT2D eigenvalue weighted by molar-refractivity contribution is 0.0188. The van der Waals surface area contributed by atoms with Gasteiger partial charge in [0, 0.05) is 42.3 Å². The van der Waals surface area contributed by atoms with Crippen molar-refractivity contribution in [3.05, 3.63) is 40.8 Å². The number of rotatable bonds is 5. The lowest BCUT2D eigenvalue weighted by Gasteiger charge is -2.34. The number of likely N-dealkylation sites (tertiary alicyclic amines) is 1. The third kappa shape index (κ3) is 5.43. The van der Waals surface area contributed by atoms with Crippen LogP contribution in [0.25, 0.3) is 22.2 Å². The van der Waals surface area contributed by atoms with Crippen molar-refractivity contribution in [1.29, 1.82) is 0 Å². The molecule has 192 valence electrons. The molecule has 0 saturated carbocycles. The number of methoxy groups -OCH3 is 2. The summed E-state index contributed by atoms with van der Waals surface area (Å²) in [5, 5.41) is 1.36. The minimum atomic E-state index is -0.557. The van der Waals surface area contributed by atoms with Crippen molar-refractivity contribution in [1.82, 2.24) is 19.4 Å². The van der Waals surface area contributed by atoms with Crippen LogP contribution in [0.4, 0.5) is 4.79 Å². The van der Waals surface area contributed by atoms with Crippen LogP contribution in [-0.2, 0) is 4.74 Å². The summed E-state index contributed by atoms with van der Waals surface area (Å²) in [6.07, 6.45) is 4.54. The van der Waals surface area contributed by atoms with Crippen LogP contribution in [0, 0.1) is 0 Å². The Balaban J connectivity index is 1.78. The Bertz CT molecular complexity index is 1300. The zero-order chi connectivity index (χ0) is 26.0. The molecule has 0 aliphatic carbocycles. The Morgan fingerprint density at radius 3 is 2.25 bits per heavy atom. The lowest BCUT2D eigenvalue weighted by atomic mass is 10.0. The summed E-state index contributed by atoms with van der Waals surface area (Å²) in [6.45, 7) is 6.54. The summed E-state index contributed by atoms with van der Waals surface area (Å²) >= 11 is 1.42. The Morgan fingerprint density at radius 2 is 1.69 bits per heavy atom. The molecule has 1 saturated heterocycles. The summed E-state index contributed by atoms with van der Waals surface area (Å²) in [4.78, 5) is 37.4. The van der Waals surface area contributed by atoms with E-state index in [2.05, 4.69) is 4.98 Å². The van der Waals surface area contributed by atoms with Crippen LogP contribution < -0.4 is 15.0 Å². The lowest BCUT2D eigenvalue weighted by Crippen LogP contribution is -2.43. The molecule has 2 aromatic heterocycles. The minimum absolute atomic E-state index is 0.129. The van der Waals surface area contributed by atoms with Gasteiger partial charge in [0.05, 0.1) is 14.2 Å². The molecule has 1 aliphatic heterocycles. The van der Waals surface area contributed by atoms with E-state index in [1.54, 1.807) is 35.9 Å². The van der Waals surface area contributed by atoms with Crippen LogP contribution in [-0.4, -0.2) is 64.7 Å². The third-order valence-corrected chi connectivity index (χ3v) is 6.64. The van der Waals surface area contributed by atoms with Gasteiger partial charge in [-0.3, -0.25) is 9.36 Å². The number of ether oxygens (including phenoxy) is 3. The topological polar surface area (TPSA) is 95.8 Å². The highest BCUT2D eigenvalue weighted by Crippen LogP contribution is 2.32. The molecule has 0 spiro atoms. The van der Waals surface area contributed by atoms with Gasteiger partial charge >= 0.3 is 6.09 Å². The largest absolute Gasteiger partial charge is 0.497 e. The monoisotopic (exact) mass is 512 g/mol. The van der Waals surface area contributed by atoms with Crippen molar-refractivity contribution in [3.63, 3.8) is 0 Å². The van der Waals surface area contributed by atoms with E-state index >= 15 is 0 Å². The molecule has 9 nitrogen and oxygen atoms in total. The van der Waals surface area contributed by atoms with Crippen molar-refractivity contribution in [2.45, 2.75) is 50.4 Å². The van der Waals surface area contributed by atoms with Gasteiger partial charge in [-0.15, -0.1) is 0 Å². The van der Waals surface area contributed by atoms with E-state index in [0.29, 0.717) is 59.4 Å². The van der Waals surface area contributed by atoms with Gasteiger partial charge in [-0.05, 0) is 63.6 Å². The fraction of sp³-hybridized carbons (Fsp3) is 0.462. The van der Waals surface area contributed by atoms with Gasteiger partial charge in [-0.1, -0.05) is 11.8 Å². The van der Waals surface area contributed by atoms with Crippen molar-refractivity contribution in [3.8, 4) is 22.6 Å². The van der Waals surface area contributed by atoms with Crippen molar-refractivity contribution < 1.29 is 19.0 Å². The first kappa shape index (κ1) is 25.8. The molecule has 0 bridgehead atoms. The van der Waals surface area contributed by atoms with E-state index in [4.69, 9.17) is 19.2 Å². The first-order valence-electron chi connectivity index (χ1n) is 11.8. The number of fused-ring (bicyclic) bond motifs is 1. The van der Waals surface area contributed by atoms with E-state index in [1.165, 1.54) is 11.8 Å². The highest BCUT2D eigenvalue weighted by atomic mass is 32.2. The highest BCUT2D eigenvalue weighted by Gasteiger charge is 2.29. The second-order valence-electron chi connectivity index (χ2n) is 9.67. The van der Waals surface area contributed by atoms with E-state index < -0.39 is 5.60 Å². The first-order valence-corrected chi connectivity index (χ1v) is 13.0. The van der Waals surface area contributed by atoms with E-state index in [0.717, 1.165) is 5.39 Å². The van der Waals surface area contributed by atoms with E-state index in [-0.39, 0.29) is 17.7 Å². The summed E-state index contributed by atoms with van der Waals surface area (Å²) in [6, 6.07) is 7.09. The quantitative estimate of drug-likeness (QED) is 0.356. The predicted octanol–water partition coefficient (Wildman–Crippen LogP) is 4.77. The van der Waals surface area contributed by atoms with Gasteiger partial charge in [0.15, 0.2) is 5.16 Å². The number of benzene rings is 1. The number of carbonyl (C=O) groups excluding carboxylic acids is 1. The Kier molecular flexibility index (Phi) is 7.44. The van der Waals surface area contributed by atoms with Gasteiger partial charge in [0.1, 0.15) is 22.7 Å². The maximum absolute atomic E-state index is 14.0. The minimum Gasteiger partial charge on any atom is -0.497 e. The number of nitrogens with zero attached hydrogens (tertiary/aromatic N) is 4. The fourth-order valence-corrected chi connectivity index (χ4v) is 4.68. The Hall–Kier alpha value is -3.27. The second kappa shape index (κ2) is 10.4. The van der Waals surface area contributed by atoms with Gasteiger partial charge in [0.25, 0.3) is 5.56 Å². The standard InChI is InChI=1S/C26H32N4O5S/c1-26(2,3)35-25(32)29-9-7-18(8-10-29)30-22-17(15-27-24(28-22)36-6)13-21(23(30)31)16-11-19(33-4)14-20(12-16)34-5/h11-15,18H,7-10H2,1-6H3. The maximum Gasteiger partial charge on any atom is 0.410 e. The zero-order valence-corrected chi connectivity index (χ0v) is 22.3. The van der Waals surface area contributed by atoms with Crippen LogP contribution in [0.1, 0.15) is 39.7 Å². The fourth-order valence-electron chi connectivity index (χ4n) is 4.34. The van der Waals surface area contributed by atoms with Crippen LogP contribution in [0.5, 0.6) is 11.5 Å². The van der Waals surface area contributed by atoms with Crippen LogP contribution in [0.3, 0.4) is 0 Å². The smallest absolute Gasteiger partial charge is 0.410 e. The molecule has 3 heterocycles. The molecule has 1 aliphatic rings. The summed E-state index contributed by atoms with van der Waals surface area (Å²) in [5.41, 5.74) is 1.08. The Morgan fingerprint density at radius 1 is 1.06 bits per heavy atom. The summed E-state index contributed by atoms with van der Waals surface area (Å²) in [5.74, 6) is 1.19. The summed E-state index contributed by atoms with van der Waals surface area (Å²) in [7, 11) is 3.15. The molecule has 1 aromatic carbocycles. The zero-order valence-electron chi connectivity index (χ0n) is 21.5. The molecular formula is C26H32N4O5S. The molecule has 0 radical (unpaired) electrons. The SMILES string of the molecule is COc1cc(OC)cc(-c2cc3cnc(SC)nc3n(C3CCN(C(=O)OC(C)(C)C)CC3)c2=O)c1. The molecule has 4 rings (SSSR count). The number of amides is 1.